The second-order valence-corrected chi connectivity index (χ2v) is 4.49. The van der Waals surface area contributed by atoms with Gasteiger partial charge in [0.25, 0.3) is 0 Å². The minimum atomic E-state index is 0.250. The van der Waals surface area contributed by atoms with Crippen LogP contribution in [0.2, 0.25) is 0 Å². The number of hydrogen-bond acceptors (Lipinski definition) is 4. The maximum Gasteiger partial charge on any atom is 0.161 e. The molecule has 2 aromatic rings. The fourth-order valence-corrected chi connectivity index (χ4v) is 2.18. The van der Waals surface area contributed by atoms with Gasteiger partial charge < -0.3 is 19.8 Å². The Balaban J connectivity index is 2.10. The summed E-state index contributed by atoms with van der Waals surface area (Å²) in [6.45, 7) is 2.86. The molecule has 0 saturated heterocycles. The molecule has 108 valence electrons. The molecule has 5 nitrogen and oxygen atoms in total. The average Bonchev–Trinajstić information content (AvgIpc) is 3.01. The van der Waals surface area contributed by atoms with Crippen molar-refractivity contribution >= 4 is 0 Å². The van der Waals surface area contributed by atoms with Gasteiger partial charge in [0.15, 0.2) is 11.5 Å². The molecule has 0 aliphatic rings. The molecule has 1 atom stereocenters. The Morgan fingerprint density at radius 1 is 1.25 bits per heavy atom. The molecule has 2 N–H and O–H groups in total. The first-order chi connectivity index (χ1) is 9.78. The number of nitrogens with one attached hydrogen (secondary N) is 2. The minimum Gasteiger partial charge on any atom is -0.493 e. The highest BCUT2D eigenvalue weighted by Crippen LogP contribution is 2.30. The van der Waals surface area contributed by atoms with Crippen LogP contribution in [-0.2, 0) is 6.54 Å². The second kappa shape index (κ2) is 6.96. The van der Waals surface area contributed by atoms with E-state index in [-0.39, 0.29) is 6.04 Å². The summed E-state index contributed by atoms with van der Waals surface area (Å²) >= 11 is 0. The van der Waals surface area contributed by atoms with Gasteiger partial charge in [-0.25, -0.2) is 4.98 Å². The fraction of sp³-hybridized carbons (Fsp3) is 0.400. The normalized spacial score (nSPS) is 12.2. The number of methoxy groups -OCH3 is 2. The number of benzene rings is 1. The van der Waals surface area contributed by atoms with Crippen molar-refractivity contribution in [1.29, 1.82) is 0 Å². The first-order valence-electron chi connectivity index (χ1n) is 6.72. The highest BCUT2D eigenvalue weighted by molar-refractivity contribution is 5.43. The van der Waals surface area contributed by atoms with Crippen LogP contribution >= 0.6 is 0 Å². The van der Waals surface area contributed by atoms with Gasteiger partial charge in [-0.15, -0.1) is 0 Å². The summed E-state index contributed by atoms with van der Waals surface area (Å²) < 4.78 is 10.6. The number of aromatic amines is 1. The Hall–Kier alpha value is -2.01. The summed E-state index contributed by atoms with van der Waals surface area (Å²) in [5.41, 5.74) is 1.18. The van der Waals surface area contributed by atoms with Crippen molar-refractivity contribution < 1.29 is 9.47 Å². The summed E-state index contributed by atoms with van der Waals surface area (Å²) in [4.78, 5) is 7.31. The number of rotatable bonds is 7. The van der Waals surface area contributed by atoms with Gasteiger partial charge in [0.2, 0.25) is 0 Å². The molecular formula is C15H21N3O2. The molecule has 0 fully saturated rings. The minimum absolute atomic E-state index is 0.250. The molecular weight excluding hydrogens is 254 g/mol. The molecule has 0 amide bonds. The van der Waals surface area contributed by atoms with Gasteiger partial charge in [-0.2, -0.15) is 0 Å². The van der Waals surface area contributed by atoms with E-state index >= 15 is 0 Å². The Labute approximate surface area is 119 Å². The molecule has 0 aliphatic heterocycles. The number of aromatic nitrogens is 2. The van der Waals surface area contributed by atoms with E-state index in [2.05, 4.69) is 28.3 Å². The lowest BCUT2D eigenvalue weighted by atomic mass is 10.0. The predicted molar refractivity (Wildman–Crippen MR) is 78.0 cm³/mol. The smallest absolute Gasteiger partial charge is 0.161 e. The van der Waals surface area contributed by atoms with Crippen LogP contribution in [0, 0.1) is 0 Å². The van der Waals surface area contributed by atoms with Crippen molar-refractivity contribution in [2.24, 2.45) is 0 Å². The van der Waals surface area contributed by atoms with E-state index in [1.807, 2.05) is 18.3 Å². The quantitative estimate of drug-likeness (QED) is 0.815. The number of imidazole rings is 1. The zero-order valence-corrected chi connectivity index (χ0v) is 12.1. The van der Waals surface area contributed by atoms with Crippen molar-refractivity contribution in [3.63, 3.8) is 0 Å². The summed E-state index contributed by atoms with van der Waals surface area (Å²) in [5, 5.41) is 3.49. The third kappa shape index (κ3) is 3.30. The number of H-pyrrole nitrogens is 1. The van der Waals surface area contributed by atoms with Gasteiger partial charge >= 0.3 is 0 Å². The molecule has 5 heteroatoms. The molecule has 0 aliphatic carbocycles. The Morgan fingerprint density at radius 3 is 2.65 bits per heavy atom. The van der Waals surface area contributed by atoms with E-state index in [9.17, 15) is 0 Å². The molecule has 1 unspecified atom stereocenters. The first kappa shape index (κ1) is 14.4. The molecule has 0 bridgehead atoms. The van der Waals surface area contributed by atoms with Gasteiger partial charge in [-0.3, -0.25) is 0 Å². The molecule has 20 heavy (non-hydrogen) atoms. The third-order valence-electron chi connectivity index (χ3n) is 3.29. The Bertz CT molecular complexity index is 526. The van der Waals surface area contributed by atoms with Crippen molar-refractivity contribution in [3.8, 4) is 11.5 Å². The number of hydrogen-bond donors (Lipinski definition) is 2. The van der Waals surface area contributed by atoms with Gasteiger partial charge in [0.05, 0.1) is 20.8 Å². The maximum absolute atomic E-state index is 5.35. The Kier molecular flexibility index (Phi) is 5.01. The molecule has 1 aromatic heterocycles. The molecule has 0 saturated carbocycles. The Morgan fingerprint density at radius 2 is 2.05 bits per heavy atom. The van der Waals surface area contributed by atoms with E-state index in [4.69, 9.17) is 9.47 Å². The third-order valence-corrected chi connectivity index (χ3v) is 3.29. The summed E-state index contributed by atoms with van der Waals surface area (Å²) in [6.07, 6.45) is 4.57. The maximum atomic E-state index is 5.35. The van der Waals surface area contributed by atoms with E-state index in [0.717, 1.165) is 23.7 Å². The summed E-state index contributed by atoms with van der Waals surface area (Å²) in [5.74, 6) is 2.43. The van der Waals surface area contributed by atoms with Gasteiger partial charge in [0.1, 0.15) is 5.82 Å². The van der Waals surface area contributed by atoms with Gasteiger partial charge in [-0.1, -0.05) is 13.0 Å². The lowest BCUT2D eigenvalue weighted by Gasteiger charge is -2.18. The SMILES string of the molecule is CCC(NCc1ncc[nH]1)c1ccc(OC)c(OC)c1. The first-order valence-corrected chi connectivity index (χ1v) is 6.72. The van der Waals surface area contributed by atoms with Crippen LogP contribution in [0.5, 0.6) is 11.5 Å². The lowest BCUT2D eigenvalue weighted by molar-refractivity contribution is 0.353. The van der Waals surface area contributed by atoms with E-state index in [0.29, 0.717) is 6.54 Å². The molecule has 2 rings (SSSR count). The van der Waals surface area contributed by atoms with Crippen molar-refractivity contribution in [1.82, 2.24) is 15.3 Å². The van der Waals surface area contributed by atoms with Crippen LogP contribution in [0.25, 0.3) is 0 Å². The molecule has 1 aromatic carbocycles. The topological polar surface area (TPSA) is 59.2 Å². The largest absolute Gasteiger partial charge is 0.493 e. The van der Waals surface area contributed by atoms with Gasteiger partial charge in [-0.05, 0) is 24.1 Å². The molecule has 1 heterocycles. The molecule has 0 spiro atoms. The van der Waals surface area contributed by atoms with E-state index < -0.39 is 0 Å². The molecule has 0 radical (unpaired) electrons. The van der Waals surface area contributed by atoms with Crippen LogP contribution in [0.4, 0.5) is 0 Å². The number of nitrogens with zero attached hydrogens (tertiary/aromatic N) is 1. The van der Waals surface area contributed by atoms with Crippen LogP contribution in [-0.4, -0.2) is 24.2 Å². The lowest BCUT2D eigenvalue weighted by Crippen LogP contribution is -2.21. The van der Waals surface area contributed by atoms with Crippen molar-refractivity contribution in [3.05, 3.63) is 42.0 Å². The zero-order valence-electron chi connectivity index (χ0n) is 12.1. The predicted octanol–water partition coefficient (Wildman–Crippen LogP) is 2.67. The number of ether oxygens (including phenoxy) is 2. The monoisotopic (exact) mass is 275 g/mol. The van der Waals surface area contributed by atoms with Crippen LogP contribution in [0.15, 0.2) is 30.6 Å². The van der Waals surface area contributed by atoms with Crippen LogP contribution in [0.3, 0.4) is 0 Å². The van der Waals surface area contributed by atoms with Crippen LogP contribution < -0.4 is 14.8 Å². The van der Waals surface area contributed by atoms with Crippen LogP contribution in [0.1, 0.15) is 30.8 Å². The second-order valence-electron chi connectivity index (χ2n) is 4.49. The average molecular weight is 275 g/mol. The summed E-state index contributed by atoms with van der Waals surface area (Å²) in [7, 11) is 3.29. The fourth-order valence-electron chi connectivity index (χ4n) is 2.18. The standard InChI is InChI=1S/C15H21N3O2/c1-4-12(18-10-15-16-7-8-17-15)11-5-6-13(19-2)14(9-11)20-3/h5-9,12,18H,4,10H2,1-3H3,(H,16,17). The highest BCUT2D eigenvalue weighted by Gasteiger charge is 2.12. The van der Waals surface area contributed by atoms with Crippen molar-refractivity contribution in [2.75, 3.05) is 14.2 Å². The van der Waals surface area contributed by atoms with Gasteiger partial charge in [0, 0.05) is 18.4 Å². The zero-order chi connectivity index (χ0) is 14.4. The van der Waals surface area contributed by atoms with E-state index in [1.165, 1.54) is 5.56 Å². The van der Waals surface area contributed by atoms with E-state index in [1.54, 1.807) is 20.4 Å². The van der Waals surface area contributed by atoms with Crippen molar-refractivity contribution in [2.45, 2.75) is 25.9 Å². The summed E-state index contributed by atoms with van der Waals surface area (Å²) in [6, 6.07) is 6.26. The highest BCUT2D eigenvalue weighted by atomic mass is 16.5.